The molecule has 0 radical (unpaired) electrons. The standard InChI is InChI=1S/C26H41NO5/c1-23(2,3)18-13-17(14-19(21(18)29)24(4,5)6)11-12-20(28)31-15-26(9)16-32-22(30)25(7,8)27(26)10/h13-14,29H,11-12,15-16H2,1-10H3. The highest BCUT2D eigenvalue weighted by atomic mass is 16.6. The number of hydrogen-bond acceptors (Lipinski definition) is 6. The van der Waals surface area contributed by atoms with Crippen molar-refractivity contribution in [2.24, 2.45) is 0 Å². The lowest BCUT2D eigenvalue weighted by Gasteiger charge is -2.49. The number of phenolic OH excluding ortho intramolecular Hbond substituents is 1. The largest absolute Gasteiger partial charge is 0.507 e. The quantitative estimate of drug-likeness (QED) is 0.671. The van der Waals surface area contributed by atoms with E-state index in [-0.39, 0.29) is 42.4 Å². The van der Waals surface area contributed by atoms with E-state index in [1.807, 2.05) is 31.0 Å². The van der Waals surface area contributed by atoms with Crippen LogP contribution in [0.4, 0.5) is 0 Å². The molecule has 1 fully saturated rings. The lowest BCUT2D eigenvalue weighted by atomic mass is 9.78. The van der Waals surface area contributed by atoms with Gasteiger partial charge in [-0.05, 0) is 61.8 Å². The Bertz CT molecular complexity index is 840. The zero-order chi connectivity index (χ0) is 24.7. The van der Waals surface area contributed by atoms with Gasteiger partial charge in [0.15, 0.2) is 0 Å². The van der Waals surface area contributed by atoms with Crippen molar-refractivity contribution >= 4 is 11.9 Å². The maximum Gasteiger partial charge on any atom is 0.326 e. The fourth-order valence-corrected chi connectivity index (χ4v) is 3.98. The van der Waals surface area contributed by atoms with Crippen molar-refractivity contribution in [1.82, 2.24) is 4.90 Å². The number of hydrogen-bond donors (Lipinski definition) is 1. The third-order valence-electron chi connectivity index (χ3n) is 6.61. The fraction of sp³-hybridized carbons (Fsp3) is 0.692. The number of likely N-dealkylation sites (N-methyl/N-ethyl adjacent to an activating group) is 1. The summed E-state index contributed by atoms with van der Waals surface area (Å²) >= 11 is 0. The lowest BCUT2D eigenvalue weighted by Crippen LogP contribution is -2.67. The molecule has 1 atom stereocenters. The zero-order valence-corrected chi connectivity index (χ0v) is 21.5. The smallest absolute Gasteiger partial charge is 0.326 e. The number of cyclic esters (lactones) is 1. The first-order valence-electron chi connectivity index (χ1n) is 11.3. The van der Waals surface area contributed by atoms with Gasteiger partial charge >= 0.3 is 11.9 Å². The van der Waals surface area contributed by atoms with Crippen LogP contribution in [0.1, 0.15) is 85.4 Å². The number of esters is 2. The second-order valence-electron chi connectivity index (χ2n) is 11.9. The van der Waals surface area contributed by atoms with E-state index in [1.165, 1.54) is 0 Å². The molecule has 0 amide bonds. The first kappa shape index (κ1) is 26.2. The summed E-state index contributed by atoms with van der Waals surface area (Å²) in [5.41, 5.74) is 0.978. The summed E-state index contributed by atoms with van der Waals surface area (Å²) in [7, 11) is 1.85. The summed E-state index contributed by atoms with van der Waals surface area (Å²) in [5, 5.41) is 10.9. The van der Waals surface area contributed by atoms with E-state index >= 15 is 0 Å². The number of morpholine rings is 1. The van der Waals surface area contributed by atoms with Crippen LogP contribution in [0.5, 0.6) is 5.75 Å². The maximum atomic E-state index is 12.6. The minimum Gasteiger partial charge on any atom is -0.507 e. The first-order chi connectivity index (χ1) is 14.4. The molecule has 0 bridgehead atoms. The molecule has 1 heterocycles. The Morgan fingerprint density at radius 1 is 1.09 bits per heavy atom. The number of rotatable bonds is 5. The van der Waals surface area contributed by atoms with Crippen LogP contribution in [0.3, 0.4) is 0 Å². The van der Waals surface area contributed by atoms with Crippen molar-refractivity contribution in [1.29, 1.82) is 0 Å². The molecule has 6 heteroatoms. The van der Waals surface area contributed by atoms with Gasteiger partial charge in [-0.3, -0.25) is 14.5 Å². The van der Waals surface area contributed by atoms with Crippen LogP contribution in [0.25, 0.3) is 0 Å². The van der Waals surface area contributed by atoms with Crippen LogP contribution in [0.2, 0.25) is 0 Å². The van der Waals surface area contributed by atoms with E-state index < -0.39 is 11.1 Å². The lowest BCUT2D eigenvalue weighted by molar-refractivity contribution is -0.186. The average molecular weight is 448 g/mol. The van der Waals surface area contributed by atoms with Crippen molar-refractivity contribution in [3.63, 3.8) is 0 Å². The van der Waals surface area contributed by atoms with Gasteiger partial charge in [-0.15, -0.1) is 0 Å². The van der Waals surface area contributed by atoms with E-state index in [2.05, 4.69) is 41.5 Å². The Morgan fingerprint density at radius 2 is 1.59 bits per heavy atom. The van der Waals surface area contributed by atoms with Crippen LogP contribution >= 0.6 is 0 Å². The van der Waals surface area contributed by atoms with Gasteiger partial charge < -0.3 is 14.6 Å². The van der Waals surface area contributed by atoms with Gasteiger partial charge in [0, 0.05) is 6.42 Å². The molecule has 1 unspecified atom stereocenters. The summed E-state index contributed by atoms with van der Waals surface area (Å²) in [6.45, 7) is 18.3. The molecule has 0 saturated carbocycles. The van der Waals surface area contributed by atoms with Gasteiger partial charge in [0.2, 0.25) is 0 Å². The SMILES string of the molecule is CN1C(C)(COC(=O)CCc2cc(C(C)(C)C)c(O)c(C(C)(C)C)c2)COC(=O)C1(C)C. The van der Waals surface area contributed by atoms with Gasteiger partial charge in [-0.25, -0.2) is 0 Å². The number of carbonyl (C=O) groups excluding carboxylic acids is 2. The molecule has 1 aliphatic heterocycles. The molecule has 1 N–H and O–H groups in total. The van der Waals surface area contributed by atoms with Crippen molar-refractivity contribution in [3.8, 4) is 5.75 Å². The number of aromatic hydroxyl groups is 1. The third-order valence-corrected chi connectivity index (χ3v) is 6.61. The molecule has 1 aliphatic rings. The Kier molecular flexibility index (Phi) is 7.11. The Hall–Kier alpha value is -2.08. The van der Waals surface area contributed by atoms with Crippen molar-refractivity contribution in [2.45, 2.75) is 97.1 Å². The second kappa shape index (κ2) is 8.69. The average Bonchev–Trinajstić information content (AvgIpc) is 2.66. The van der Waals surface area contributed by atoms with Crippen molar-refractivity contribution in [2.75, 3.05) is 20.3 Å². The molecular weight excluding hydrogens is 406 g/mol. The summed E-state index contributed by atoms with van der Waals surface area (Å²) in [6, 6.07) is 3.99. The van der Waals surface area contributed by atoms with E-state index in [1.54, 1.807) is 13.8 Å². The van der Waals surface area contributed by atoms with Gasteiger partial charge in [0.05, 0.1) is 5.54 Å². The molecule has 0 spiro atoms. The molecular formula is C26H41NO5. The minimum absolute atomic E-state index is 0.148. The van der Waals surface area contributed by atoms with Gasteiger partial charge in [0.1, 0.15) is 24.5 Å². The van der Waals surface area contributed by atoms with Crippen LogP contribution in [0, 0.1) is 0 Å². The van der Waals surface area contributed by atoms with Crippen LogP contribution in [-0.2, 0) is 36.3 Å². The molecule has 1 aromatic rings. The molecule has 0 aromatic heterocycles. The topological polar surface area (TPSA) is 76.1 Å². The van der Waals surface area contributed by atoms with E-state index in [4.69, 9.17) is 9.47 Å². The van der Waals surface area contributed by atoms with Gasteiger partial charge in [0.25, 0.3) is 0 Å². The first-order valence-corrected chi connectivity index (χ1v) is 11.3. The normalized spacial score (nSPS) is 21.9. The predicted molar refractivity (Wildman–Crippen MR) is 126 cm³/mol. The second-order valence-corrected chi connectivity index (χ2v) is 11.9. The molecule has 1 aromatic carbocycles. The molecule has 32 heavy (non-hydrogen) atoms. The number of nitrogens with zero attached hydrogens (tertiary/aromatic N) is 1. The van der Waals surface area contributed by atoms with Gasteiger partial charge in [-0.2, -0.15) is 0 Å². The summed E-state index contributed by atoms with van der Waals surface area (Å²) in [5.74, 6) is -0.237. The van der Waals surface area contributed by atoms with E-state index in [0.29, 0.717) is 12.2 Å². The highest BCUT2D eigenvalue weighted by Gasteiger charge is 2.49. The Balaban J connectivity index is 2.11. The molecule has 180 valence electrons. The van der Waals surface area contributed by atoms with E-state index in [0.717, 1.165) is 16.7 Å². The number of ether oxygens (including phenoxy) is 2. The van der Waals surface area contributed by atoms with Crippen LogP contribution in [0.15, 0.2) is 12.1 Å². The van der Waals surface area contributed by atoms with Gasteiger partial charge in [-0.1, -0.05) is 53.7 Å². The Morgan fingerprint density at radius 3 is 2.06 bits per heavy atom. The van der Waals surface area contributed by atoms with Crippen LogP contribution < -0.4 is 0 Å². The highest BCUT2D eigenvalue weighted by Crippen LogP contribution is 2.40. The van der Waals surface area contributed by atoms with E-state index in [9.17, 15) is 14.7 Å². The molecule has 0 aliphatic carbocycles. The fourth-order valence-electron chi connectivity index (χ4n) is 3.98. The number of carbonyl (C=O) groups is 2. The maximum absolute atomic E-state index is 12.6. The minimum atomic E-state index is -0.780. The van der Waals surface area contributed by atoms with Crippen molar-refractivity contribution in [3.05, 3.63) is 28.8 Å². The van der Waals surface area contributed by atoms with Crippen LogP contribution in [-0.4, -0.2) is 53.3 Å². The summed E-state index contributed by atoms with van der Waals surface area (Å²) in [6.07, 6.45) is 0.763. The molecule has 2 rings (SSSR count). The summed E-state index contributed by atoms with van der Waals surface area (Å²) in [4.78, 5) is 26.5. The molecule has 6 nitrogen and oxygen atoms in total. The third kappa shape index (κ3) is 5.45. The predicted octanol–water partition coefficient (Wildman–Crippen LogP) is 4.49. The van der Waals surface area contributed by atoms with Crippen molar-refractivity contribution < 1.29 is 24.2 Å². The Labute approximate surface area is 193 Å². The summed E-state index contributed by atoms with van der Waals surface area (Å²) < 4.78 is 10.9. The number of aryl methyl sites for hydroxylation is 1. The highest BCUT2D eigenvalue weighted by molar-refractivity contribution is 5.80. The number of phenols is 1. The number of benzene rings is 1. The zero-order valence-electron chi connectivity index (χ0n) is 21.5. The monoisotopic (exact) mass is 447 g/mol. The molecule has 1 saturated heterocycles.